The van der Waals surface area contributed by atoms with E-state index >= 15 is 0 Å². The van der Waals surface area contributed by atoms with Crippen molar-refractivity contribution in [3.05, 3.63) is 35.9 Å². The number of rotatable bonds is 2. The lowest BCUT2D eigenvalue weighted by Crippen LogP contribution is -2.33. The number of aliphatic imine (C=N–C) groups is 1. The first-order valence-corrected chi connectivity index (χ1v) is 5.00. The lowest BCUT2D eigenvalue weighted by Gasteiger charge is -2.21. The minimum Gasteiger partial charge on any atom is -0.454 e. The van der Waals surface area contributed by atoms with Crippen LogP contribution in [0.2, 0.25) is 0 Å². The van der Waals surface area contributed by atoms with Crippen molar-refractivity contribution in [2.75, 3.05) is 6.54 Å². The number of ether oxygens (including phenoxy) is 1. The van der Waals surface area contributed by atoms with E-state index in [1.54, 1.807) is 0 Å². The lowest BCUT2D eigenvalue weighted by atomic mass is 10.0. The molecule has 78 valence electrons. The van der Waals surface area contributed by atoms with E-state index in [-0.39, 0.29) is 18.6 Å². The molecule has 0 saturated heterocycles. The second-order valence-corrected chi connectivity index (χ2v) is 3.63. The van der Waals surface area contributed by atoms with Crippen LogP contribution in [0.25, 0.3) is 0 Å². The van der Waals surface area contributed by atoms with Gasteiger partial charge in [0.2, 0.25) is 0 Å². The Labute approximate surface area is 88.8 Å². The second kappa shape index (κ2) is 4.26. The van der Waals surface area contributed by atoms with Gasteiger partial charge in [0.15, 0.2) is 0 Å². The summed E-state index contributed by atoms with van der Waals surface area (Å²) in [5, 5.41) is 0. The second-order valence-electron chi connectivity index (χ2n) is 3.63. The van der Waals surface area contributed by atoms with Gasteiger partial charge in [-0.25, -0.2) is 0 Å². The van der Waals surface area contributed by atoms with Gasteiger partial charge in [0.05, 0.1) is 5.71 Å². The normalized spacial score (nSPS) is 20.7. The molecule has 1 aliphatic heterocycles. The van der Waals surface area contributed by atoms with Crippen molar-refractivity contribution in [3.8, 4) is 0 Å². The van der Waals surface area contributed by atoms with Gasteiger partial charge in [0.1, 0.15) is 12.6 Å². The van der Waals surface area contributed by atoms with Crippen molar-refractivity contribution in [1.29, 1.82) is 0 Å². The zero-order chi connectivity index (χ0) is 10.7. The fourth-order valence-electron chi connectivity index (χ4n) is 1.59. The van der Waals surface area contributed by atoms with E-state index in [1.807, 2.05) is 37.3 Å². The zero-order valence-electron chi connectivity index (χ0n) is 8.64. The molecule has 1 heterocycles. The van der Waals surface area contributed by atoms with Crippen LogP contribution in [0.1, 0.15) is 12.5 Å². The molecule has 0 unspecified atom stereocenters. The zero-order valence-corrected chi connectivity index (χ0v) is 8.64. The minimum absolute atomic E-state index is 0.164. The fourth-order valence-corrected chi connectivity index (χ4v) is 1.59. The summed E-state index contributed by atoms with van der Waals surface area (Å²) >= 11 is 0. The van der Waals surface area contributed by atoms with E-state index in [4.69, 9.17) is 4.74 Å². The van der Waals surface area contributed by atoms with Crippen LogP contribution >= 0.6 is 0 Å². The molecular formula is C12H13NO2. The molecule has 0 radical (unpaired) electrons. The Hall–Kier alpha value is -1.64. The van der Waals surface area contributed by atoms with Gasteiger partial charge in [0, 0.05) is 6.42 Å². The summed E-state index contributed by atoms with van der Waals surface area (Å²) in [6.07, 6.45) is 0.524. The van der Waals surface area contributed by atoms with Crippen molar-refractivity contribution < 1.29 is 9.53 Å². The van der Waals surface area contributed by atoms with Crippen molar-refractivity contribution in [2.45, 2.75) is 19.4 Å². The topological polar surface area (TPSA) is 38.7 Å². The number of hydrogen-bond acceptors (Lipinski definition) is 3. The molecule has 1 atom stereocenters. The van der Waals surface area contributed by atoms with Gasteiger partial charge < -0.3 is 4.74 Å². The van der Waals surface area contributed by atoms with Crippen molar-refractivity contribution in [2.24, 2.45) is 4.99 Å². The molecule has 2 rings (SSSR count). The summed E-state index contributed by atoms with van der Waals surface area (Å²) in [6.45, 7) is 2.07. The Morgan fingerprint density at radius 1 is 1.40 bits per heavy atom. The SMILES string of the molecule is CC1=NCC(=O)O[C@H]1Cc1ccccc1. The van der Waals surface area contributed by atoms with E-state index in [0.717, 1.165) is 11.3 Å². The van der Waals surface area contributed by atoms with Crippen LogP contribution in [0.15, 0.2) is 35.3 Å². The molecular weight excluding hydrogens is 190 g/mol. The Kier molecular flexibility index (Phi) is 2.81. The predicted molar refractivity (Wildman–Crippen MR) is 58.0 cm³/mol. The third-order valence-electron chi connectivity index (χ3n) is 2.46. The number of benzene rings is 1. The van der Waals surface area contributed by atoms with Crippen molar-refractivity contribution in [3.63, 3.8) is 0 Å². The van der Waals surface area contributed by atoms with Crippen LogP contribution in [-0.2, 0) is 16.0 Å². The number of carbonyl (C=O) groups excluding carboxylic acids is 1. The van der Waals surface area contributed by atoms with Crippen LogP contribution < -0.4 is 0 Å². The molecule has 3 nitrogen and oxygen atoms in total. The highest BCUT2D eigenvalue weighted by atomic mass is 16.5. The molecule has 0 N–H and O–H groups in total. The van der Waals surface area contributed by atoms with Gasteiger partial charge in [-0.05, 0) is 12.5 Å². The maximum atomic E-state index is 11.1. The third kappa shape index (κ3) is 2.43. The van der Waals surface area contributed by atoms with E-state index in [2.05, 4.69) is 4.99 Å². The summed E-state index contributed by atoms with van der Waals surface area (Å²) in [4.78, 5) is 15.2. The highest BCUT2D eigenvalue weighted by Gasteiger charge is 2.22. The first-order chi connectivity index (χ1) is 7.25. The van der Waals surface area contributed by atoms with E-state index < -0.39 is 0 Å². The largest absolute Gasteiger partial charge is 0.454 e. The smallest absolute Gasteiger partial charge is 0.328 e. The molecule has 0 amide bonds. The summed E-state index contributed by atoms with van der Waals surface area (Å²) in [5.41, 5.74) is 2.06. The Bertz CT molecular complexity index is 384. The first-order valence-electron chi connectivity index (χ1n) is 5.00. The minimum atomic E-state index is -0.235. The average Bonchev–Trinajstić information content (AvgIpc) is 2.25. The average molecular weight is 203 g/mol. The van der Waals surface area contributed by atoms with Crippen molar-refractivity contribution >= 4 is 11.7 Å². The van der Waals surface area contributed by atoms with Crippen LogP contribution in [0.5, 0.6) is 0 Å². The molecule has 0 fully saturated rings. The van der Waals surface area contributed by atoms with Crippen molar-refractivity contribution in [1.82, 2.24) is 0 Å². The first kappa shape index (κ1) is 9.90. The van der Waals surface area contributed by atoms with Gasteiger partial charge in [0.25, 0.3) is 0 Å². The number of carbonyl (C=O) groups is 1. The Balaban J connectivity index is 2.09. The van der Waals surface area contributed by atoms with Gasteiger partial charge in [-0.1, -0.05) is 30.3 Å². The molecule has 0 spiro atoms. The fraction of sp³-hybridized carbons (Fsp3) is 0.333. The molecule has 0 bridgehead atoms. The molecule has 1 aliphatic rings. The van der Waals surface area contributed by atoms with Gasteiger partial charge in [-0.3, -0.25) is 9.79 Å². The highest BCUT2D eigenvalue weighted by Crippen LogP contribution is 2.11. The van der Waals surface area contributed by atoms with Crippen LogP contribution in [0, 0.1) is 0 Å². The molecule has 0 aromatic heterocycles. The van der Waals surface area contributed by atoms with E-state index in [9.17, 15) is 4.79 Å². The molecule has 15 heavy (non-hydrogen) atoms. The Morgan fingerprint density at radius 2 is 2.13 bits per heavy atom. The monoisotopic (exact) mass is 203 g/mol. The molecule has 0 aliphatic carbocycles. The van der Waals surface area contributed by atoms with Gasteiger partial charge >= 0.3 is 5.97 Å². The van der Waals surface area contributed by atoms with E-state index in [1.165, 1.54) is 0 Å². The molecule has 3 heteroatoms. The summed E-state index contributed by atoms with van der Waals surface area (Å²) < 4.78 is 5.23. The van der Waals surface area contributed by atoms with Gasteiger partial charge in [-0.2, -0.15) is 0 Å². The van der Waals surface area contributed by atoms with Crippen LogP contribution in [-0.4, -0.2) is 24.3 Å². The Morgan fingerprint density at radius 3 is 2.87 bits per heavy atom. The summed E-state index contributed by atoms with van der Waals surface area (Å²) in [5.74, 6) is -0.235. The maximum absolute atomic E-state index is 11.1. The highest BCUT2D eigenvalue weighted by molar-refractivity contribution is 5.93. The molecule has 1 aromatic carbocycles. The van der Waals surface area contributed by atoms with Gasteiger partial charge in [-0.15, -0.1) is 0 Å². The third-order valence-corrected chi connectivity index (χ3v) is 2.46. The number of nitrogens with zero attached hydrogens (tertiary/aromatic N) is 1. The maximum Gasteiger partial charge on any atom is 0.328 e. The number of hydrogen-bond donors (Lipinski definition) is 0. The van der Waals surface area contributed by atoms with Crippen LogP contribution in [0.4, 0.5) is 0 Å². The molecule has 0 saturated carbocycles. The predicted octanol–water partition coefficient (Wildman–Crippen LogP) is 1.62. The van der Waals surface area contributed by atoms with Crippen LogP contribution in [0.3, 0.4) is 0 Å². The lowest BCUT2D eigenvalue weighted by molar-refractivity contribution is -0.145. The molecule has 1 aromatic rings. The quantitative estimate of drug-likeness (QED) is 0.685. The summed E-state index contributed by atoms with van der Waals surface area (Å²) in [7, 11) is 0. The summed E-state index contributed by atoms with van der Waals surface area (Å²) in [6, 6.07) is 9.97. The number of esters is 1. The standard InChI is InChI=1S/C12H13NO2/c1-9-11(15-12(14)8-13-9)7-10-5-3-2-4-6-10/h2-6,11H,7-8H2,1H3/t11-/m0/s1. The number of cyclic esters (lactones) is 1. The van der Waals surface area contributed by atoms with E-state index in [0.29, 0.717) is 6.42 Å².